The summed E-state index contributed by atoms with van der Waals surface area (Å²) in [6.07, 6.45) is 0. The van der Waals surface area contributed by atoms with Crippen molar-refractivity contribution in [2.75, 3.05) is 13.2 Å². The second-order valence-corrected chi connectivity index (χ2v) is 11.3. The Morgan fingerprint density at radius 2 is 1.10 bits per heavy atom. The molecular formula is C25H23O5P. The van der Waals surface area contributed by atoms with Crippen LogP contribution in [0.2, 0.25) is 0 Å². The first-order valence-corrected chi connectivity index (χ1v) is 12.2. The van der Waals surface area contributed by atoms with Gasteiger partial charge in [0.2, 0.25) is 0 Å². The number of rotatable bonds is 2. The van der Waals surface area contributed by atoms with Gasteiger partial charge in [0.05, 0.1) is 0 Å². The van der Waals surface area contributed by atoms with Crippen molar-refractivity contribution < 1.29 is 22.6 Å². The van der Waals surface area contributed by atoms with E-state index >= 15 is 0 Å². The standard InChI is InChI=1S/C25H23O5P/c1-25(2)16-26-31(27-17-25,28-18-10-4-3-5-11-18)29-23-21-14-8-6-12-19(21)20-13-7-9-15-22(20)24(23)30-31/h3-15H,16-17H2,1-2H3. The molecule has 31 heavy (non-hydrogen) atoms. The number of hydrogen-bond acceptors (Lipinski definition) is 5. The van der Waals surface area contributed by atoms with E-state index in [1.165, 1.54) is 0 Å². The Bertz CT molecular complexity index is 1240. The topological polar surface area (TPSA) is 46.2 Å². The summed E-state index contributed by atoms with van der Waals surface area (Å²) in [4.78, 5) is 0. The van der Waals surface area contributed by atoms with Crippen molar-refractivity contribution in [3.8, 4) is 17.2 Å². The monoisotopic (exact) mass is 434 g/mol. The van der Waals surface area contributed by atoms with Crippen LogP contribution in [0.25, 0.3) is 21.5 Å². The van der Waals surface area contributed by atoms with Crippen molar-refractivity contribution >= 4 is 29.3 Å². The molecule has 1 saturated heterocycles. The Morgan fingerprint density at radius 1 is 0.645 bits per heavy atom. The van der Waals surface area contributed by atoms with Crippen molar-refractivity contribution in [3.05, 3.63) is 78.9 Å². The van der Waals surface area contributed by atoms with Crippen LogP contribution in [0.1, 0.15) is 13.8 Å². The quantitative estimate of drug-likeness (QED) is 0.250. The fourth-order valence-electron chi connectivity index (χ4n) is 4.06. The molecule has 158 valence electrons. The molecule has 0 radical (unpaired) electrons. The minimum atomic E-state index is -4.44. The molecule has 0 amide bonds. The van der Waals surface area contributed by atoms with Crippen LogP contribution >= 0.6 is 7.74 Å². The zero-order valence-electron chi connectivity index (χ0n) is 17.4. The molecular weight excluding hydrogens is 411 g/mol. The molecule has 2 heterocycles. The van der Waals surface area contributed by atoms with Gasteiger partial charge in [0, 0.05) is 0 Å². The fourth-order valence-corrected chi connectivity index (χ4v) is 7.11. The molecule has 4 aromatic rings. The van der Waals surface area contributed by atoms with Crippen molar-refractivity contribution in [1.29, 1.82) is 0 Å². The normalized spacial score (nSPS) is 21.5. The van der Waals surface area contributed by atoms with E-state index in [0.29, 0.717) is 30.5 Å². The third kappa shape index (κ3) is 2.89. The number of fused-ring (bicyclic) bond motifs is 6. The Labute approximate surface area is 180 Å². The summed E-state index contributed by atoms with van der Waals surface area (Å²) in [5, 5.41) is 4.03. The van der Waals surface area contributed by atoms with Gasteiger partial charge in [0.15, 0.2) is 0 Å². The molecule has 0 aliphatic carbocycles. The van der Waals surface area contributed by atoms with Crippen molar-refractivity contribution in [2.24, 2.45) is 5.41 Å². The zero-order chi connectivity index (χ0) is 21.1. The van der Waals surface area contributed by atoms with Gasteiger partial charge in [-0.05, 0) is 0 Å². The van der Waals surface area contributed by atoms with E-state index in [-0.39, 0.29) is 5.41 Å². The maximum atomic E-state index is 6.58. The van der Waals surface area contributed by atoms with Gasteiger partial charge in [0.25, 0.3) is 0 Å². The third-order valence-electron chi connectivity index (χ3n) is 5.65. The van der Waals surface area contributed by atoms with E-state index in [4.69, 9.17) is 22.6 Å². The molecule has 4 aromatic carbocycles. The van der Waals surface area contributed by atoms with Crippen LogP contribution in [0, 0.1) is 5.41 Å². The van der Waals surface area contributed by atoms with E-state index in [9.17, 15) is 0 Å². The first-order chi connectivity index (χ1) is 15.0. The van der Waals surface area contributed by atoms with Gasteiger partial charge >= 0.3 is 180 Å². The molecule has 6 heteroatoms. The van der Waals surface area contributed by atoms with Gasteiger partial charge in [-0.1, -0.05) is 0 Å². The van der Waals surface area contributed by atoms with Crippen molar-refractivity contribution in [1.82, 2.24) is 0 Å². The Kier molecular flexibility index (Phi) is 3.86. The van der Waals surface area contributed by atoms with Crippen LogP contribution in [0.15, 0.2) is 78.9 Å². The molecule has 0 unspecified atom stereocenters. The predicted molar refractivity (Wildman–Crippen MR) is 122 cm³/mol. The minimum absolute atomic E-state index is 0.186. The predicted octanol–water partition coefficient (Wildman–Crippen LogP) is 7.04. The van der Waals surface area contributed by atoms with Crippen LogP contribution in [0.4, 0.5) is 0 Å². The summed E-state index contributed by atoms with van der Waals surface area (Å²) < 4.78 is 32.3. The molecule has 1 fully saturated rings. The number of para-hydroxylation sites is 1. The van der Waals surface area contributed by atoms with Crippen LogP contribution in [0.3, 0.4) is 0 Å². The molecule has 2 aliphatic heterocycles. The Balaban J connectivity index is 1.59. The summed E-state index contributed by atoms with van der Waals surface area (Å²) in [6, 6.07) is 25.7. The molecule has 6 rings (SSSR count). The molecule has 0 atom stereocenters. The van der Waals surface area contributed by atoms with Gasteiger partial charge < -0.3 is 0 Å². The van der Waals surface area contributed by atoms with Gasteiger partial charge in [-0.2, -0.15) is 0 Å². The summed E-state index contributed by atoms with van der Waals surface area (Å²) in [6.45, 7) is 4.94. The average molecular weight is 434 g/mol. The van der Waals surface area contributed by atoms with Gasteiger partial charge in [-0.25, -0.2) is 0 Å². The van der Waals surface area contributed by atoms with Gasteiger partial charge in [0.1, 0.15) is 0 Å². The van der Waals surface area contributed by atoms with Crippen molar-refractivity contribution in [3.63, 3.8) is 0 Å². The second-order valence-electron chi connectivity index (χ2n) is 8.79. The van der Waals surface area contributed by atoms with Crippen LogP contribution in [0.5, 0.6) is 17.2 Å². The summed E-state index contributed by atoms with van der Waals surface area (Å²) in [5.41, 5.74) is -0.186. The van der Waals surface area contributed by atoms with Crippen LogP contribution < -0.4 is 13.6 Å². The molecule has 1 spiro atoms. The molecule has 0 saturated carbocycles. The number of benzene rings is 4. The van der Waals surface area contributed by atoms with E-state index in [0.717, 1.165) is 21.5 Å². The second kappa shape index (κ2) is 6.33. The third-order valence-corrected chi connectivity index (χ3v) is 8.22. The zero-order valence-corrected chi connectivity index (χ0v) is 18.3. The fraction of sp³-hybridized carbons (Fsp3) is 0.200. The van der Waals surface area contributed by atoms with Crippen LogP contribution in [-0.2, 0) is 9.05 Å². The molecule has 0 bridgehead atoms. The molecule has 2 aliphatic rings. The van der Waals surface area contributed by atoms with E-state index in [2.05, 4.69) is 26.0 Å². The molecule has 5 nitrogen and oxygen atoms in total. The SMILES string of the molecule is CC1(C)COP2(Oc3ccccc3)(OC1)Oc1c(c3ccccc3c3ccccc13)O2. The van der Waals surface area contributed by atoms with Gasteiger partial charge in [-0.3, -0.25) is 0 Å². The van der Waals surface area contributed by atoms with Crippen LogP contribution in [-0.4, -0.2) is 13.2 Å². The number of hydrogen-bond donors (Lipinski definition) is 0. The molecule has 0 N–H and O–H groups in total. The van der Waals surface area contributed by atoms with Gasteiger partial charge in [-0.15, -0.1) is 0 Å². The van der Waals surface area contributed by atoms with E-state index < -0.39 is 7.74 Å². The van der Waals surface area contributed by atoms with Crippen molar-refractivity contribution in [2.45, 2.75) is 13.8 Å². The Hall–Kier alpha value is -2.85. The maximum absolute atomic E-state index is 6.58. The summed E-state index contributed by atoms with van der Waals surface area (Å²) >= 11 is 0. The summed E-state index contributed by atoms with van der Waals surface area (Å²) in [7, 11) is -4.44. The first-order valence-electron chi connectivity index (χ1n) is 10.4. The average Bonchev–Trinajstić information content (AvgIpc) is 3.14. The summed E-state index contributed by atoms with van der Waals surface area (Å²) in [5.74, 6) is 1.77. The molecule has 0 aromatic heterocycles. The van der Waals surface area contributed by atoms with E-state index in [1.54, 1.807) is 0 Å². The van der Waals surface area contributed by atoms with E-state index in [1.807, 2.05) is 66.7 Å². The first kappa shape index (κ1) is 18.9. The Morgan fingerprint density at radius 3 is 1.61 bits per heavy atom.